The number of hydrogen-bond acceptors (Lipinski definition) is 3. The topological polar surface area (TPSA) is 66.8 Å². The Kier molecular flexibility index (Phi) is 3.38. The summed E-state index contributed by atoms with van der Waals surface area (Å²) in [4.78, 5) is 24.4. The third-order valence-corrected chi connectivity index (χ3v) is 3.82. The molecule has 0 aromatic heterocycles. The highest BCUT2D eigenvalue weighted by Crippen LogP contribution is 2.36. The molecule has 1 saturated heterocycles. The van der Waals surface area contributed by atoms with Crippen molar-refractivity contribution in [2.45, 2.75) is 38.2 Å². The van der Waals surface area contributed by atoms with Gasteiger partial charge in [-0.2, -0.15) is 0 Å². The zero-order valence-corrected chi connectivity index (χ0v) is 10.1. The number of morpholine rings is 1. The normalized spacial score (nSPS) is 24.9. The van der Waals surface area contributed by atoms with Crippen molar-refractivity contribution in [3.8, 4) is 0 Å². The lowest BCUT2D eigenvalue weighted by Crippen LogP contribution is -2.54. The second-order valence-electron chi connectivity index (χ2n) is 5.06. The summed E-state index contributed by atoms with van der Waals surface area (Å²) < 4.78 is 5.81. The average molecular weight is 241 g/mol. The summed E-state index contributed by atoms with van der Waals surface area (Å²) >= 11 is 0. The van der Waals surface area contributed by atoms with Crippen molar-refractivity contribution in [3.63, 3.8) is 0 Å². The van der Waals surface area contributed by atoms with Crippen LogP contribution in [0.25, 0.3) is 0 Å². The molecule has 0 aromatic rings. The van der Waals surface area contributed by atoms with E-state index in [0.717, 1.165) is 25.7 Å². The number of nitrogens with zero attached hydrogens (tertiary/aromatic N) is 1. The zero-order chi connectivity index (χ0) is 12.5. The third kappa shape index (κ3) is 2.44. The second-order valence-corrected chi connectivity index (χ2v) is 5.06. The Balaban J connectivity index is 2.02. The molecule has 17 heavy (non-hydrogen) atoms. The lowest BCUT2D eigenvalue weighted by molar-refractivity contribution is -0.160. The van der Waals surface area contributed by atoms with Crippen molar-refractivity contribution in [1.82, 2.24) is 4.90 Å². The van der Waals surface area contributed by atoms with E-state index in [1.54, 1.807) is 4.90 Å². The number of hydrogen-bond donors (Lipinski definition) is 1. The maximum atomic E-state index is 12.0. The molecule has 0 radical (unpaired) electrons. The first kappa shape index (κ1) is 12.4. The smallest absolute Gasteiger partial charge is 0.315 e. The molecular weight excluding hydrogens is 222 g/mol. The van der Waals surface area contributed by atoms with Crippen LogP contribution < -0.4 is 0 Å². The summed E-state index contributed by atoms with van der Waals surface area (Å²) in [6.45, 7) is 3.04. The van der Waals surface area contributed by atoms with Gasteiger partial charge in [0.05, 0.1) is 12.2 Å². The maximum Gasteiger partial charge on any atom is 0.315 e. The summed E-state index contributed by atoms with van der Waals surface area (Å²) in [6, 6.07) is 0. The van der Waals surface area contributed by atoms with E-state index in [2.05, 4.69) is 0 Å². The van der Waals surface area contributed by atoms with E-state index in [-0.39, 0.29) is 11.5 Å². The first-order valence-corrected chi connectivity index (χ1v) is 6.20. The summed E-state index contributed by atoms with van der Waals surface area (Å²) in [6.07, 6.45) is 4.24. The molecule has 0 bridgehead atoms. The predicted octanol–water partition coefficient (Wildman–Crippen LogP) is 0.879. The van der Waals surface area contributed by atoms with Crippen molar-refractivity contribution in [2.75, 3.05) is 19.7 Å². The minimum atomic E-state index is -1.05. The lowest BCUT2D eigenvalue weighted by atomic mass is 9.98. The van der Waals surface area contributed by atoms with Gasteiger partial charge in [0, 0.05) is 13.1 Å². The monoisotopic (exact) mass is 241 g/mol. The van der Waals surface area contributed by atoms with Crippen LogP contribution in [0.2, 0.25) is 0 Å². The SMILES string of the molecule is CC(C(=O)O)C(=O)N1CCOC2(CCCC2)C1. The van der Waals surface area contributed by atoms with E-state index in [1.165, 1.54) is 6.92 Å². The minimum Gasteiger partial charge on any atom is -0.481 e. The number of carboxylic acid groups (broad SMARTS) is 1. The highest BCUT2D eigenvalue weighted by molar-refractivity contribution is 5.96. The van der Waals surface area contributed by atoms with Gasteiger partial charge in [0.15, 0.2) is 0 Å². The highest BCUT2D eigenvalue weighted by Gasteiger charge is 2.41. The van der Waals surface area contributed by atoms with Crippen LogP contribution in [0.3, 0.4) is 0 Å². The van der Waals surface area contributed by atoms with Crippen LogP contribution in [-0.4, -0.2) is 47.2 Å². The first-order chi connectivity index (χ1) is 8.04. The number of ether oxygens (including phenoxy) is 1. The third-order valence-electron chi connectivity index (χ3n) is 3.82. The van der Waals surface area contributed by atoms with Gasteiger partial charge in [-0.3, -0.25) is 9.59 Å². The molecular formula is C12H19NO4. The molecule has 1 unspecified atom stereocenters. The summed E-state index contributed by atoms with van der Waals surface area (Å²) in [5, 5.41) is 8.86. The second kappa shape index (κ2) is 4.64. The molecule has 2 fully saturated rings. The Bertz CT molecular complexity index is 322. The van der Waals surface area contributed by atoms with Crippen LogP contribution in [0.4, 0.5) is 0 Å². The van der Waals surface area contributed by atoms with Crippen molar-refractivity contribution in [2.24, 2.45) is 5.92 Å². The summed E-state index contributed by atoms with van der Waals surface area (Å²) in [5.41, 5.74) is -0.188. The Morgan fingerprint density at radius 2 is 2.00 bits per heavy atom. The molecule has 1 atom stereocenters. The first-order valence-electron chi connectivity index (χ1n) is 6.20. The Labute approximate surface area is 101 Å². The zero-order valence-electron chi connectivity index (χ0n) is 10.1. The fourth-order valence-corrected chi connectivity index (χ4v) is 2.73. The van der Waals surface area contributed by atoms with E-state index in [4.69, 9.17) is 9.84 Å². The van der Waals surface area contributed by atoms with Gasteiger partial charge in [-0.25, -0.2) is 0 Å². The van der Waals surface area contributed by atoms with Crippen LogP contribution in [-0.2, 0) is 14.3 Å². The molecule has 1 heterocycles. The Hall–Kier alpha value is -1.10. The van der Waals surface area contributed by atoms with Gasteiger partial charge in [0.2, 0.25) is 5.91 Å². The molecule has 0 aromatic carbocycles. The van der Waals surface area contributed by atoms with Gasteiger partial charge in [0.1, 0.15) is 5.92 Å². The Morgan fingerprint density at radius 3 is 2.59 bits per heavy atom. The number of rotatable bonds is 2. The number of carboxylic acids is 1. The van der Waals surface area contributed by atoms with Crippen LogP contribution in [0, 0.1) is 5.92 Å². The fourth-order valence-electron chi connectivity index (χ4n) is 2.73. The number of carbonyl (C=O) groups excluding carboxylic acids is 1. The Morgan fingerprint density at radius 1 is 1.35 bits per heavy atom. The number of amides is 1. The molecule has 1 aliphatic carbocycles. The molecule has 2 rings (SSSR count). The van der Waals surface area contributed by atoms with Crippen LogP contribution in [0.5, 0.6) is 0 Å². The van der Waals surface area contributed by atoms with E-state index in [1.807, 2.05) is 0 Å². The fraction of sp³-hybridized carbons (Fsp3) is 0.833. The highest BCUT2D eigenvalue weighted by atomic mass is 16.5. The lowest BCUT2D eigenvalue weighted by Gasteiger charge is -2.41. The van der Waals surface area contributed by atoms with E-state index >= 15 is 0 Å². The number of aliphatic carboxylic acids is 1. The molecule has 1 amide bonds. The summed E-state index contributed by atoms with van der Waals surface area (Å²) in [5.74, 6) is -2.29. The van der Waals surface area contributed by atoms with Gasteiger partial charge in [-0.1, -0.05) is 12.8 Å². The minimum absolute atomic E-state index is 0.188. The van der Waals surface area contributed by atoms with Crippen molar-refractivity contribution in [3.05, 3.63) is 0 Å². The van der Waals surface area contributed by atoms with Gasteiger partial charge < -0.3 is 14.7 Å². The van der Waals surface area contributed by atoms with Gasteiger partial charge >= 0.3 is 5.97 Å². The molecule has 1 N–H and O–H groups in total. The van der Waals surface area contributed by atoms with E-state index in [0.29, 0.717) is 19.7 Å². The number of carbonyl (C=O) groups is 2. The van der Waals surface area contributed by atoms with Gasteiger partial charge in [-0.15, -0.1) is 0 Å². The van der Waals surface area contributed by atoms with E-state index < -0.39 is 11.9 Å². The largest absolute Gasteiger partial charge is 0.481 e. The molecule has 1 aliphatic heterocycles. The molecule has 96 valence electrons. The predicted molar refractivity (Wildman–Crippen MR) is 60.5 cm³/mol. The average Bonchev–Trinajstić information content (AvgIpc) is 2.75. The molecule has 1 saturated carbocycles. The van der Waals surface area contributed by atoms with Crippen LogP contribution in [0.1, 0.15) is 32.6 Å². The van der Waals surface area contributed by atoms with Crippen molar-refractivity contribution < 1.29 is 19.4 Å². The standard InChI is InChI=1S/C12H19NO4/c1-9(11(15)16)10(14)13-6-7-17-12(8-13)4-2-3-5-12/h9H,2-8H2,1H3,(H,15,16). The maximum absolute atomic E-state index is 12.0. The van der Waals surface area contributed by atoms with Crippen molar-refractivity contribution in [1.29, 1.82) is 0 Å². The molecule has 5 nitrogen and oxygen atoms in total. The van der Waals surface area contributed by atoms with Crippen LogP contribution >= 0.6 is 0 Å². The van der Waals surface area contributed by atoms with Crippen LogP contribution in [0.15, 0.2) is 0 Å². The summed E-state index contributed by atoms with van der Waals surface area (Å²) in [7, 11) is 0. The molecule has 1 spiro atoms. The van der Waals surface area contributed by atoms with E-state index in [9.17, 15) is 9.59 Å². The molecule has 5 heteroatoms. The van der Waals surface area contributed by atoms with Gasteiger partial charge in [0.25, 0.3) is 0 Å². The van der Waals surface area contributed by atoms with Gasteiger partial charge in [-0.05, 0) is 19.8 Å². The van der Waals surface area contributed by atoms with Crippen molar-refractivity contribution >= 4 is 11.9 Å². The molecule has 2 aliphatic rings. The quantitative estimate of drug-likeness (QED) is 0.729.